The highest BCUT2D eigenvalue weighted by Gasteiger charge is 2.23. The van der Waals surface area contributed by atoms with Gasteiger partial charge in [-0.1, -0.05) is 0 Å². The first-order valence-electron chi connectivity index (χ1n) is 9.17. The lowest BCUT2D eigenvalue weighted by atomic mass is 10.0. The normalized spacial score (nSPS) is 11.6. The number of ketones is 2. The summed E-state index contributed by atoms with van der Waals surface area (Å²) >= 11 is 0. The van der Waals surface area contributed by atoms with Crippen LogP contribution in [0.4, 0.5) is 18.9 Å². The number of nitrogens with one attached hydrogen (secondary N) is 2. The van der Waals surface area contributed by atoms with Gasteiger partial charge in [-0.15, -0.1) is 0 Å². The molecular weight excluding hydrogens is 435 g/mol. The van der Waals surface area contributed by atoms with E-state index < -0.39 is 57.5 Å². The lowest BCUT2D eigenvalue weighted by Crippen LogP contribution is -2.19. The third-order valence-corrected chi connectivity index (χ3v) is 5.81. The first kappa shape index (κ1) is 22.5. The molecule has 31 heavy (non-hydrogen) atoms. The van der Waals surface area contributed by atoms with Gasteiger partial charge in [0.15, 0.2) is 17.4 Å². The SMILES string of the molecule is CC(=O)c1cc2cc(CC(=O)c3c(F)ccc(NS(=O)(=O)CCCF)c3F)cnc2[nH]1. The van der Waals surface area contributed by atoms with Crippen LogP contribution in [-0.4, -0.2) is 42.4 Å². The van der Waals surface area contributed by atoms with Crippen molar-refractivity contribution in [3.8, 4) is 0 Å². The molecule has 2 aromatic heterocycles. The summed E-state index contributed by atoms with van der Waals surface area (Å²) < 4.78 is 66.9. The number of benzene rings is 1. The summed E-state index contributed by atoms with van der Waals surface area (Å²) in [5, 5.41) is 0.547. The van der Waals surface area contributed by atoms with E-state index in [9.17, 15) is 31.2 Å². The molecule has 0 amide bonds. The summed E-state index contributed by atoms with van der Waals surface area (Å²) in [7, 11) is -4.07. The molecule has 0 unspecified atom stereocenters. The molecule has 3 rings (SSSR count). The number of anilines is 1. The Labute approximate surface area is 175 Å². The molecule has 0 aliphatic carbocycles. The van der Waals surface area contributed by atoms with Gasteiger partial charge in [0.25, 0.3) is 0 Å². The molecule has 1 aromatic carbocycles. The number of halogens is 3. The molecular formula is C20H18F3N3O4S. The lowest BCUT2D eigenvalue weighted by Gasteiger charge is -2.11. The van der Waals surface area contributed by atoms with Crippen LogP contribution in [0.15, 0.2) is 30.5 Å². The summed E-state index contributed by atoms with van der Waals surface area (Å²) in [5.41, 5.74) is -0.406. The first-order valence-corrected chi connectivity index (χ1v) is 10.8. The minimum atomic E-state index is -4.07. The monoisotopic (exact) mass is 453 g/mol. The standard InChI is InChI=1S/C20H18F3N3O4S/c1-11(27)16-9-13-7-12(10-24-20(13)25-16)8-17(28)18-14(22)3-4-15(19(18)23)26-31(29,30)6-2-5-21/h3-4,7,9-10,26H,2,5-6,8H2,1H3,(H,24,25). The highest BCUT2D eigenvalue weighted by molar-refractivity contribution is 7.92. The molecule has 0 saturated carbocycles. The van der Waals surface area contributed by atoms with Crippen LogP contribution in [0.25, 0.3) is 11.0 Å². The molecule has 0 fully saturated rings. The maximum Gasteiger partial charge on any atom is 0.232 e. The van der Waals surface area contributed by atoms with Gasteiger partial charge in [-0.25, -0.2) is 22.2 Å². The second-order valence-corrected chi connectivity index (χ2v) is 8.71. The zero-order valence-electron chi connectivity index (χ0n) is 16.3. The van der Waals surface area contributed by atoms with E-state index in [-0.39, 0.29) is 12.2 Å². The number of hydrogen-bond acceptors (Lipinski definition) is 5. The van der Waals surface area contributed by atoms with Gasteiger partial charge in [-0.05, 0) is 36.2 Å². The Morgan fingerprint density at radius 2 is 1.94 bits per heavy atom. The van der Waals surface area contributed by atoms with E-state index in [1.54, 1.807) is 12.1 Å². The molecule has 0 radical (unpaired) electrons. The molecule has 0 aliphatic rings. The second-order valence-electron chi connectivity index (χ2n) is 6.87. The Balaban J connectivity index is 1.87. The maximum absolute atomic E-state index is 14.8. The Hall–Kier alpha value is -3.21. The van der Waals surface area contributed by atoms with Crippen LogP contribution in [-0.2, 0) is 16.4 Å². The number of Topliss-reactive ketones (excluding diaryl/α,β-unsaturated/α-hetero) is 2. The highest BCUT2D eigenvalue weighted by atomic mass is 32.2. The number of pyridine rings is 1. The Bertz CT molecular complexity index is 1270. The molecule has 0 atom stereocenters. The van der Waals surface area contributed by atoms with Crippen LogP contribution in [0, 0.1) is 11.6 Å². The van der Waals surface area contributed by atoms with E-state index in [0.29, 0.717) is 22.3 Å². The Morgan fingerprint density at radius 1 is 1.19 bits per heavy atom. The number of hydrogen-bond donors (Lipinski definition) is 2. The number of fused-ring (bicyclic) bond motifs is 1. The number of carbonyl (C=O) groups is 2. The predicted octanol–water partition coefficient (Wildman–Crippen LogP) is 3.57. The molecule has 0 saturated heterocycles. The summed E-state index contributed by atoms with van der Waals surface area (Å²) in [5.74, 6) is -4.23. The topological polar surface area (TPSA) is 109 Å². The maximum atomic E-state index is 14.8. The van der Waals surface area contributed by atoms with Crippen molar-refractivity contribution < 1.29 is 31.2 Å². The van der Waals surface area contributed by atoms with Crippen molar-refractivity contribution in [2.24, 2.45) is 0 Å². The minimum absolute atomic E-state index is 0.203. The Kier molecular flexibility index (Phi) is 6.44. The largest absolute Gasteiger partial charge is 0.337 e. The van der Waals surface area contributed by atoms with Crippen LogP contribution in [0.1, 0.15) is 39.8 Å². The van der Waals surface area contributed by atoms with Crippen LogP contribution >= 0.6 is 0 Å². The van der Waals surface area contributed by atoms with E-state index in [4.69, 9.17) is 0 Å². The fourth-order valence-corrected chi connectivity index (χ4v) is 4.06. The molecule has 7 nitrogen and oxygen atoms in total. The van der Waals surface area contributed by atoms with Gasteiger partial charge in [0, 0.05) is 24.9 Å². The third-order valence-electron chi connectivity index (χ3n) is 4.45. The van der Waals surface area contributed by atoms with Gasteiger partial charge in [0.2, 0.25) is 10.0 Å². The van der Waals surface area contributed by atoms with Gasteiger partial charge >= 0.3 is 0 Å². The number of H-pyrrole nitrogens is 1. The number of alkyl halides is 1. The number of nitrogens with zero attached hydrogens (tertiary/aromatic N) is 1. The Morgan fingerprint density at radius 3 is 2.61 bits per heavy atom. The number of carbonyl (C=O) groups excluding carboxylic acids is 2. The average Bonchev–Trinajstić information content (AvgIpc) is 3.12. The lowest BCUT2D eigenvalue weighted by molar-refractivity contribution is 0.0982. The van der Waals surface area contributed by atoms with Gasteiger partial charge in [-0.2, -0.15) is 0 Å². The van der Waals surface area contributed by atoms with E-state index in [2.05, 4.69) is 9.97 Å². The molecule has 0 bridgehead atoms. The van der Waals surface area contributed by atoms with Gasteiger partial charge in [-0.3, -0.25) is 18.7 Å². The average molecular weight is 453 g/mol. The second kappa shape index (κ2) is 8.88. The van der Waals surface area contributed by atoms with Crippen molar-refractivity contribution in [2.75, 3.05) is 17.1 Å². The van der Waals surface area contributed by atoms with Crippen molar-refractivity contribution in [3.05, 3.63) is 58.9 Å². The molecule has 3 aromatic rings. The van der Waals surface area contributed by atoms with Gasteiger partial charge in [0.1, 0.15) is 11.5 Å². The predicted molar refractivity (Wildman–Crippen MR) is 108 cm³/mol. The molecule has 164 valence electrons. The van der Waals surface area contributed by atoms with E-state index in [0.717, 1.165) is 12.1 Å². The highest BCUT2D eigenvalue weighted by Crippen LogP contribution is 2.24. The van der Waals surface area contributed by atoms with E-state index >= 15 is 0 Å². The quantitative estimate of drug-likeness (QED) is 0.482. The van der Waals surface area contributed by atoms with E-state index in [1.165, 1.54) is 13.1 Å². The minimum Gasteiger partial charge on any atom is -0.337 e. The van der Waals surface area contributed by atoms with Crippen LogP contribution in [0.2, 0.25) is 0 Å². The fraction of sp³-hybridized carbons (Fsp3) is 0.250. The summed E-state index contributed by atoms with van der Waals surface area (Å²) in [6, 6.07) is 4.73. The van der Waals surface area contributed by atoms with Crippen molar-refractivity contribution in [1.29, 1.82) is 0 Å². The van der Waals surface area contributed by atoms with Crippen molar-refractivity contribution in [2.45, 2.75) is 19.8 Å². The molecule has 2 N–H and O–H groups in total. The van der Waals surface area contributed by atoms with Crippen molar-refractivity contribution in [1.82, 2.24) is 9.97 Å². The van der Waals surface area contributed by atoms with Crippen LogP contribution in [0.5, 0.6) is 0 Å². The first-order chi connectivity index (χ1) is 14.6. The zero-order chi connectivity index (χ0) is 22.8. The van der Waals surface area contributed by atoms with Gasteiger partial charge < -0.3 is 4.98 Å². The van der Waals surface area contributed by atoms with Crippen LogP contribution < -0.4 is 4.72 Å². The van der Waals surface area contributed by atoms with E-state index in [1.807, 2.05) is 4.72 Å². The van der Waals surface area contributed by atoms with Crippen molar-refractivity contribution >= 4 is 38.3 Å². The summed E-state index contributed by atoms with van der Waals surface area (Å²) in [6.07, 6.45) is 0.638. The van der Waals surface area contributed by atoms with Gasteiger partial charge in [0.05, 0.1) is 29.4 Å². The fourth-order valence-electron chi connectivity index (χ4n) is 2.97. The third kappa shape index (κ3) is 5.10. The molecule has 0 aliphatic heterocycles. The van der Waals surface area contributed by atoms with Crippen molar-refractivity contribution in [3.63, 3.8) is 0 Å². The molecule has 0 spiro atoms. The number of aromatic nitrogens is 2. The summed E-state index contributed by atoms with van der Waals surface area (Å²) in [6.45, 7) is 0.503. The smallest absolute Gasteiger partial charge is 0.232 e. The molecule has 11 heteroatoms. The zero-order valence-corrected chi connectivity index (χ0v) is 17.2. The van der Waals surface area contributed by atoms with Crippen LogP contribution in [0.3, 0.4) is 0 Å². The summed E-state index contributed by atoms with van der Waals surface area (Å²) in [4.78, 5) is 31.0. The number of rotatable bonds is 9. The number of aromatic amines is 1. The number of sulfonamides is 1. The molecule has 2 heterocycles.